The van der Waals surface area contributed by atoms with Crippen molar-refractivity contribution >= 4 is 5.71 Å². The Morgan fingerprint density at radius 3 is 2.64 bits per heavy atom. The topological polar surface area (TPSA) is 24.4 Å². The summed E-state index contributed by atoms with van der Waals surface area (Å²) in [7, 11) is 1.89. The van der Waals surface area contributed by atoms with Crippen LogP contribution in [-0.2, 0) is 0 Å². The zero-order valence-corrected chi connectivity index (χ0v) is 7.56. The molecule has 2 heteroatoms. The predicted octanol–water partition coefficient (Wildman–Crippen LogP) is 1.47. The van der Waals surface area contributed by atoms with Crippen LogP contribution >= 0.6 is 0 Å². The fraction of sp³-hybridized carbons (Fsp3) is 0.889. The molecule has 0 aromatic heterocycles. The molecule has 0 radical (unpaired) electrons. The van der Waals surface area contributed by atoms with Crippen LogP contribution in [0.4, 0.5) is 0 Å². The first-order chi connectivity index (χ1) is 5.33. The molecule has 0 aliphatic carbocycles. The van der Waals surface area contributed by atoms with Crippen LogP contribution in [0.15, 0.2) is 4.99 Å². The molecule has 0 bridgehead atoms. The van der Waals surface area contributed by atoms with Gasteiger partial charge in [-0.1, -0.05) is 0 Å². The molecule has 1 saturated heterocycles. The van der Waals surface area contributed by atoms with Gasteiger partial charge in [-0.15, -0.1) is 0 Å². The van der Waals surface area contributed by atoms with Crippen molar-refractivity contribution in [1.29, 1.82) is 0 Å². The third-order valence-corrected chi connectivity index (χ3v) is 2.42. The molecule has 1 N–H and O–H groups in total. The molecule has 0 spiro atoms. The molecule has 0 aromatic carbocycles. The van der Waals surface area contributed by atoms with Gasteiger partial charge in [-0.05, 0) is 45.2 Å². The van der Waals surface area contributed by atoms with Crippen molar-refractivity contribution in [2.75, 3.05) is 20.1 Å². The van der Waals surface area contributed by atoms with Crippen LogP contribution < -0.4 is 5.32 Å². The van der Waals surface area contributed by atoms with E-state index in [0.717, 1.165) is 5.92 Å². The lowest BCUT2D eigenvalue weighted by molar-refractivity contribution is 0.384. The maximum Gasteiger partial charge on any atom is 0.0276 e. The lowest BCUT2D eigenvalue weighted by Gasteiger charge is -2.22. The van der Waals surface area contributed by atoms with Crippen LogP contribution in [0.1, 0.15) is 26.2 Å². The van der Waals surface area contributed by atoms with Crippen molar-refractivity contribution in [3.63, 3.8) is 0 Å². The Morgan fingerprint density at radius 1 is 1.45 bits per heavy atom. The number of aliphatic imine (C=N–C) groups is 1. The van der Waals surface area contributed by atoms with E-state index in [4.69, 9.17) is 0 Å². The van der Waals surface area contributed by atoms with Gasteiger partial charge in [0.15, 0.2) is 0 Å². The summed E-state index contributed by atoms with van der Waals surface area (Å²) >= 11 is 0. The Morgan fingerprint density at radius 2 is 2.09 bits per heavy atom. The lowest BCUT2D eigenvalue weighted by Crippen LogP contribution is -2.28. The van der Waals surface area contributed by atoms with Gasteiger partial charge >= 0.3 is 0 Å². The van der Waals surface area contributed by atoms with Crippen molar-refractivity contribution in [3.05, 3.63) is 0 Å². The van der Waals surface area contributed by atoms with Crippen LogP contribution in [0.25, 0.3) is 0 Å². The maximum atomic E-state index is 4.18. The minimum absolute atomic E-state index is 0.889. The summed E-state index contributed by atoms with van der Waals surface area (Å²) in [4.78, 5) is 4.18. The molecule has 0 amide bonds. The SMILES string of the molecule is CN=C(C)CC1CCNCC1. The Bertz CT molecular complexity index is 134. The first-order valence-electron chi connectivity index (χ1n) is 4.46. The van der Waals surface area contributed by atoms with E-state index < -0.39 is 0 Å². The highest BCUT2D eigenvalue weighted by Crippen LogP contribution is 2.16. The molecule has 2 nitrogen and oxygen atoms in total. The highest BCUT2D eigenvalue weighted by atomic mass is 14.9. The third kappa shape index (κ3) is 3.02. The molecule has 0 aromatic rings. The third-order valence-electron chi connectivity index (χ3n) is 2.42. The van der Waals surface area contributed by atoms with E-state index in [1.807, 2.05) is 7.05 Å². The molecule has 1 aliphatic heterocycles. The van der Waals surface area contributed by atoms with Crippen molar-refractivity contribution in [3.8, 4) is 0 Å². The summed E-state index contributed by atoms with van der Waals surface area (Å²) in [5.41, 5.74) is 1.30. The molecular formula is C9H18N2. The molecule has 1 aliphatic rings. The zero-order valence-electron chi connectivity index (χ0n) is 7.56. The quantitative estimate of drug-likeness (QED) is 0.598. The van der Waals surface area contributed by atoms with Gasteiger partial charge in [0.25, 0.3) is 0 Å². The largest absolute Gasteiger partial charge is 0.317 e. The second-order valence-corrected chi connectivity index (χ2v) is 3.36. The smallest absolute Gasteiger partial charge is 0.0276 e. The normalized spacial score (nSPS) is 22.2. The van der Waals surface area contributed by atoms with Gasteiger partial charge in [-0.2, -0.15) is 0 Å². The number of hydrogen-bond donors (Lipinski definition) is 1. The van der Waals surface area contributed by atoms with Crippen LogP contribution in [-0.4, -0.2) is 25.8 Å². The van der Waals surface area contributed by atoms with E-state index in [-0.39, 0.29) is 0 Å². The number of rotatable bonds is 2. The van der Waals surface area contributed by atoms with E-state index in [9.17, 15) is 0 Å². The summed E-state index contributed by atoms with van der Waals surface area (Å²) < 4.78 is 0. The summed E-state index contributed by atoms with van der Waals surface area (Å²) in [6.07, 6.45) is 3.86. The molecule has 1 fully saturated rings. The Labute approximate surface area is 69.1 Å². The molecule has 0 unspecified atom stereocenters. The molecule has 11 heavy (non-hydrogen) atoms. The number of hydrogen-bond acceptors (Lipinski definition) is 2. The summed E-state index contributed by atoms with van der Waals surface area (Å²) in [6, 6.07) is 0. The Hall–Kier alpha value is -0.370. The van der Waals surface area contributed by atoms with E-state index in [2.05, 4.69) is 17.2 Å². The van der Waals surface area contributed by atoms with Crippen LogP contribution in [0, 0.1) is 5.92 Å². The van der Waals surface area contributed by atoms with Crippen molar-refractivity contribution < 1.29 is 0 Å². The molecular weight excluding hydrogens is 136 g/mol. The van der Waals surface area contributed by atoms with Gasteiger partial charge in [0.05, 0.1) is 0 Å². The Kier molecular flexibility index (Phi) is 3.57. The van der Waals surface area contributed by atoms with E-state index in [1.54, 1.807) is 0 Å². The van der Waals surface area contributed by atoms with Crippen LogP contribution in [0.2, 0.25) is 0 Å². The fourth-order valence-corrected chi connectivity index (χ4v) is 1.59. The minimum Gasteiger partial charge on any atom is -0.317 e. The highest BCUT2D eigenvalue weighted by Gasteiger charge is 2.12. The highest BCUT2D eigenvalue weighted by molar-refractivity contribution is 5.81. The maximum absolute atomic E-state index is 4.18. The first kappa shape index (κ1) is 8.72. The monoisotopic (exact) mass is 154 g/mol. The van der Waals surface area contributed by atoms with Gasteiger partial charge in [-0.3, -0.25) is 4.99 Å². The molecule has 1 heterocycles. The molecule has 1 rings (SSSR count). The number of piperidine rings is 1. The number of nitrogens with one attached hydrogen (secondary N) is 1. The van der Waals surface area contributed by atoms with Crippen molar-refractivity contribution in [2.45, 2.75) is 26.2 Å². The predicted molar refractivity (Wildman–Crippen MR) is 49.2 cm³/mol. The van der Waals surface area contributed by atoms with Gasteiger partial charge < -0.3 is 5.32 Å². The van der Waals surface area contributed by atoms with E-state index in [1.165, 1.54) is 38.1 Å². The van der Waals surface area contributed by atoms with Gasteiger partial charge in [0.2, 0.25) is 0 Å². The fourth-order valence-electron chi connectivity index (χ4n) is 1.59. The van der Waals surface area contributed by atoms with Crippen LogP contribution in [0.3, 0.4) is 0 Å². The summed E-state index contributed by atoms with van der Waals surface area (Å²) in [6.45, 7) is 4.52. The van der Waals surface area contributed by atoms with Gasteiger partial charge in [0, 0.05) is 12.8 Å². The minimum atomic E-state index is 0.889. The second-order valence-electron chi connectivity index (χ2n) is 3.36. The Balaban J connectivity index is 2.24. The molecule has 64 valence electrons. The zero-order chi connectivity index (χ0) is 8.10. The average molecular weight is 154 g/mol. The van der Waals surface area contributed by atoms with Gasteiger partial charge in [0.1, 0.15) is 0 Å². The van der Waals surface area contributed by atoms with Crippen LogP contribution in [0.5, 0.6) is 0 Å². The molecule has 0 atom stereocenters. The first-order valence-corrected chi connectivity index (χ1v) is 4.46. The summed E-state index contributed by atoms with van der Waals surface area (Å²) in [5.74, 6) is 0.889. The van der Waals surface area contributed by atoms with Crippen molar-refractivity contribution in [2.24, 2.45) is 10.9 Å². The standard InChI is InChI=1S/C9H18N2/c1-8(10-2)7-9-3-5-11-6-4-9/h9,11H,3-7H2,1-2H3. The molecule has 0 saturated carbocycles. The average Bonchev–Trinajstić information content (AvgIpc) is 2.06. The summed E-state index contributed by atoms with van der Waals surface area (Å²) in [5, 5.41) is 3.37. The van der Waals surface area contributed by atoms with Gasteiger partial charge in [-0.25, -0.2) is 0 Å². The van der Waals surface area contributed by atoms with E-state index >= 15 is 0 Å². The second kappa shape index (κ2) is 4.50. The van der Waals surface area contributed by atoms with E-state index in [0.29, 0.717) is 0 Å². The van der Waals surface area contributed by atoms with Crippen molar-refractivity contribution in [1.82, 2.24) is 5.32 Å². The lowest BCUT2D eigenvalue weighted by atomic mass is 9.93. The number of nitrogens with zero attached hydrogens (tertiary/aromatic N) is 1.